The van der Waals surface area contributed by atoms with Crippen molar-refractivity contribution in [2.75, 3.05) is 17.8 Å². The molecule has 5 N–H and O–H groups in total. The predicted molar refractivity (Wildman–Crippen MR) is 124 cm³/mol. The van der Waals surface area contributed by atoms with Crippen LogP contribution in [0.3, 0.4) is 0 Å². The van der Waals surface area contributed by atoms with Crippen LogP contribution in [0.4, 0.5) is 10.2 Å². The highest BCUT2D eigenvalue weighted by Crippen LogP contribution is 2.55. The van der Waals surface area contributed by atoms with Gasteiger partial charge in [0, 0.05) is 11.6 Å². The summed E-state index contributed by atoms with van der Waals surface area (Å²) in [5.74, 6) is -1.28. The number of fused-ring (bicyclic) bond motifs is 1. The summed E-state index contributed by atoms with van der Waals surface area (Å²) in [5.41, 5.74) is 0.870. The Kier molecular flexibility index (Phi) is 7.98. The Balaban J connectivity index is 1.53. The van der Waals surface area contributed by atoms with E-state index in [9.17, 15) is 23.5 Å². The van der Waals surface area contributed by atoms with Gasteiger partial charge in [-0.05, 0) is 23.2 Å². The smallest absolute Gasteiger partial charge is 0.340 e. The maximum Gasteiger partial charge on any atom is 0.340 e. The summed E-state index contributed by atoms with van der Waals surface area (Å²) in [7, 11) is -9.64. The highest BCUT2D eigenvalue weighted by atomic mass is 35.5. The third-order valence-corrected chi connectivity index (χ3v) is 9.03. The van der Waals surface area contributed by atoms with Gasteiger partial charge in [0.2, 0.25) is 5.28 Å². The number of alkyl halides is 1. The van der Waals surface area contributed by atoms with E-state index in [4.69, 9.17) is 37.7 Å². The molecular weight excluding hydrogens is 568 g/mol. The molecular formula is C17H19Cl2FN6O8P2. The molecule has 1 aliphatic rings. The van der Waals surface area contributed by atoms with E-state index < -0.39 is 52.3 Å². The molecule has 0 amide bonds. The van der Waals surface area contributed by atoms with E-state index in [1.807, 2.05) is 0 Å². The number of rotatable bonds is 9. The lowest BCUT2D eigenvalue weighted by atomic mass is 10.1. The maximum atomic E-state index is 14.7. The maximum absolute atomic E-state index is 14.7. The summed E-state index contributed by atoms with van der Waals surface area (Å²) < 4.78 is 48.5. The highest BCUT2D eigenvalue weighted by molar-refractivity contribution is 7.70. The van der Waals surface area contributed by atoms with E-state index in [1.165, 1.54) is 0 Å². The molecule has 196 valence electrons. The molecule has 0 bridgehead atoms. The predicted octanol–water partition coefficient (Wildman–Crippen LogP) is 2.07. The van der Waals surface area contributed by atoms with E-state index in [0.717, 1.165) is 10.2 Å². The summed E-state index contributed by atoms with van der Waals surface area (Å²) in [4.78, 5) is 35.4. The van der Waals surface area contributed by atoms with Gasteiger partial charge in [-0.25, -0.2) is 4.39 Å². The third kappa shape index (κ3) is 6.20. The summed E-state index contributed by atoms with van der Waals surface area (Å²) >= 11 is 12.2. The molecule has 0 aliphatic carbocycles. The van der Waals surface area contributed by atoms with E-state index in [1.54, 1.807) is 24.3 Å². The molecule has 1 saturated heterocycles. The SMILES string of the molecule is O=P(O)(O)CP(=O)(O)OC[C@H]1O[C@@H](n2nnc3c(NCc4ccccc4Cl)nc(Cl)nc32)[C@H](O)[C@H]1F. The van der Waals surface area contributed by atoms with Crippen LogP contribution < -0.4 is 5.32 Å². The molecule has 0 radical (unpaired) electrons. The average Bonchev–Trinajstić information content (AvgIpc) is 3.31. The lowest BCUT2D eigenvalue weighted by Crippen LogP contribution is -2.30. The van der Waals surface area contributed by atoms with Gasteiger partial charge in [-0.3, -0.25) is 9.13 Å². The fourth-order valence-electron chi connectivity index (χ4n) is 3.43. The van der Waals surface area contributed by atoms with Crippen LogP contribution in [0, 0.1) is 0 Å². The number of benzene rings is 1. The Morgan fingerprint density at radius 1 is 1.19 bits per heavy atom. The van der Waals surface area contributed by atoms with Crippen molar-refractivity contribution in [1.29, 1.82) is 0 Å². The molecule has 0 saturated carbocycles. The number of halogens is 3. The van der Waals surface area contributed by atoms with Gasteiger partial charge in [-0.1, -0.05) is 35.0 Å². The van der Waals surface area contributed by atoms with Crippen LogP contribution in [0.25, 0.3) is 11.2 Å². The standard InChI is InChI=1S/C17H19Cl2FN6O8P2/c18-9-4-2-1-3-8(9)5-21-14-12-15(23-17(19)22-14)26(25-24-12)16-13(27)11(20)10(34-16)6-33-36(31,32)7-35(28,29)30/h1-4,10-11,13,16,27H,5-7H2,(H,31,32)(H,21,22,23)(H2,28,29,30)/t10-,11+,13-,16-/m1/s1. The van der Waals surface area contributed by atoms with Crippen LogP contribution in [0.5, 0.6) is 0 Å². The van der Waals surface area contributed by atoms with Gasteiger partial charge >= 0.3 is 15.2 Å². The van der Waals surface area contributed by atoms with Crippen LogP contribution in [0.1, 0.15) is 11.8 Å². The monoisotopic (exact) mass is 586 g/mol. The minimum atomic E-state index is -4.88. The zero-order chi connectivity index (χ0) is 26.3. The first-order valence-electron chi connectivity index (χ1n) is 10.1. The lowest BCUT2D eigenvalue weighted by molar-refractivity contribution is -0.0541. The van der Waals surface area contributed by atoms with E-state index in [2.05, 4.69) is 30.1 Å². The number of nitrogens with one attached hydrogen (secondary N) is 1. The molecule has 2 aromatic heterocycles. The van der Waals surface area contributed by atoms with Gasteiger partial charge < -0.3 is 34.4 Å². The summed E-state index contributed by atoms with van der Waals surface area (Å²) in [6, 6.07) is 7.09. The molecule has 14 nitrogen and oxygen atoms in total. The topological polar surface area (TPSA) is 202 Å². The highest BCUT2D eigenvalue weighted by Gasteiger charge is 2.47. The van der Waals surface area contributed by atoms with Crippen molar-refractivity contribution in [2.45, 2.75) is 31.2 Å². The first-order valence-corrected chi connectivity index (χ1v) is 14.4. The zero-order valence-electron chi connectivity index (χ0n) is 17.9. The van der Waals surface area contributed by atoms with Crippen molar-refractivity contribution in [1.82, 2.24) is 25.0 Å². The number of aliphatic hydroxyl groups is 1. The number of ether oxygens (including phenoxy) is 1. The molecule has 4 rings (SSSR count). The molecule has 36 heavy (non-hydrogen) atoms. The minimum Gasteiger partial charge on any atom is -0.385 e. The van der Waals surface area contributed by atoms with Gasteiger partial charge in [0.15, 0.2) is 35.3 Å². The largest absolute Gasteiger partial charge is 0.385 e. The van der Waals surface area contributed by atoms with Crippen LogP contribution in [-0.2, 0) is 24.9 Å². The minimum absolute atomic E-state index is 0.0104. The Bertz CT molecular complexity index is 1360. The van der Waals surface area contributed by atoms with Crippen molar-refractivity contribution in [3.8, 4) is 0 Å². The van der Waals surface area contributed by atoms with Crippen molar-refractivity contribution >= 4 is 55.4 Å². The number of anilines is 1. The number of hydrogen-bond donors (Lipinski definition) is 5. The molecule has 3 heterocycles. The van der Waals surface area contributed by atoms with Crippen molar-refractivity contribution in [3.63, 3.8) is 0 Å². The van der Waals surface area contributed by atoms with Crippen molar-refractivity contribution < 1.29 is 42.6 Å². The average molecular weight is 587 g/mol. The first-order chi connectivity index (χ1) is 16.8. The Hall–Kier alpha value is -1.77. The van der Waals surface area contributed by atoms with E-state index in [-0.39, 0.29) is 28.8 Å². The zero-order valence-corrected chi connectivity index (χ0v) is 21.2. The van der Waals surface area contributed by atoms with Gasteiger partial charge in [0.25, 0.3) is 0 Å². The molecule has 5 atom stereocenters. The normalized spacial score (nSPS) is 24.2. The molecule has 3 aromatic rings. The van der Waals surface area contributed by atoms with Gasteiger partial charge in [-0.15, -0.1) is 5.10 Å². The second-order valence-electron chi connectivity index (χ2n) is 7.73. The molecule has 19 heteroatoms. The van der Waals surface area contributed by atoms with Gasteiger partial charge in [0.05, 0.1) is 6.61 Å². The Labute approximate surface area is 212 Å². The van der Waals surface area contributed by atoms with Gasteiger partial charge in [-0.2, -0.15) is 14.6 Å². The third-order valence-electron chi connectivity index (χ3n) is 5.03. The molecule has 1 fully saturated rings. The molecule has 0 spiro atoms. The van der Waals surface area contributed by atoms with Crippen molar-refractivity contribution in [2.24, 2.45) is 0 Å². The van der Waals surface area contributed by atoms with Crippen LogP contribution in [-0.4, -0.2) is 75.6 Å². The molecule has 1 aliphatic heterocycles. The molecule has 1 aromatic carbocycles. The Morgan fingerprint density at radius 3 is 2.61 bits per heavy atom. The van der Waals surface area contributed by atoms with E-state index >= 15 is 0 Å². The van der Waals surface area contributed by atoms with E-state index in [0.29, 0.717) is 5.02 Å². The quantitative estimate of drug-likeness (QED) is 0.180. The fraction of sp³-hybridized carbons (Fsp3) is 0.412. The summed E-state index contributed by atoms with van der Waals surface area (Å²) in [6.07, 6.45) is -6.99. The van der Waals surface area contributed by atoms with Crippen molar-refractivity contribution in [3.05, 3.63) is 40.1 Å². The summed E-state index contributed by atoms with van der Waals surface area (Å²) in [5, 5.41) is 21.5. The molecule has 1 unspecified atom stereocenters. The number of hydrogen-bond acceptors (Lipinski definition) is 10. The second-order valence-corrected chi connectivity index (χ2v) is 12.5. The number of aromatic nitrogens is 5. The number of nitrogens with zero attached hydrogens (tertiary/aromatic N) is 5. The second kappa shape index (κ2) is 10.5. The number of aliphatic hydroxyl groups excluding tert-OH is 1. The fourth-order valence-corrected chi connectivity index (χ4v) is 6.36. The van der Waals surface area contributed by atoms with Crippen LogP contribution >= 0.6 is 38.4 Å². The first kappa shape index (κ1) is 27.3. The van der Waals surface area contributed by atoms with Crippen LogP contribution in [0.15, 0.2) is 24.3 Å². The Morgan fingerprint density at radius 2 is 1.92 bits per heavy atom. The lowest BCUT2D eigenvalue weighted by Gasteiger charge is -2.17. The van der Waals surface area contributed by atoms with Crippen LogP contribution in [0.2, 0.25) is 10.3 Å². The summed E-state index contributed by atoms with van der Waals surface area (Å²) in [6.45, 7) is -0.630. The van der Waals surface area contributed by atoms with Gasteiger partial charge in [0.1, 0.15) is 12.2 Å².